The zero-order chi connectivity index (χ0) is 18.5. The first kappa shape index (κ1) is 18.3. The van der Waals surface area contributed by atoms with Crippen LogP contribution in [0.15, 0.2) is 5.16 Å². The lowest BCUT2D eigenvalue weighted by Gasteiger charge is -2.18. The molecule has 2 aromatic rings. The van der Waals surface area contributed by atoms with E-state index in [0.29, 0.717) is 22.9 Å². The molecule has 0 spiro atoms. The Morgan fingerprint density at radius 2 is 2.00 bits per heavy atom. The van der Waals surface area contributed by atoms with Gasteiger partial charge in [-0.25, -0.2) is 4.68 Å². The van der Waals surface area contributed by atoms with Crippen LogP contribution in [0.4, 0.5) is 11.9 Å². The summed E-state index contributed by atoms with van der Waals surface area (Å²) < 4.78 is 1.52. The highest BCUT2D eigenvalue weighted by Gasteiger charge is 2.18. The van der Waals surface area contributed by atoms with Crippen LogP contribution < -0.4 is 15.1 Å². The van der Waals surface area contributed by atoms with Crippen molar-refractivity contribution in [2.24, 2.45) is 7.05 Å². The normalized spacial score (nSPS) is 13.9. The van der Waals surface area contributed by atoms with Crippen LogP contribution in [0.3, 0.4) is 0 Å². The Balaban J connectivity index is 1.61. The lowest BCUT2D eigenvalue weighted by Crippen LogP contribution is -2.28. The first-order valence-electron chi connectivity index (χ1n) is 8.32. The Hall–Kier alpha value is -2.50. The second kappa shape index (κ2) is 8.25. The Morgan fingerprint density at radius 3 is 2.65 bits per heavy atom. The summed E-state index contributed by atoms with van der Waals surface area (Å²) in [5.41, 5.74) is 0. The maximum Gasteiger partial charge on any atom is 0.230 e. The fraction of sp³-hybridized carbons (Fsp3) is 0.643. The number of carbonyl (C=O) groups excluding carboxylic acids is 1. The molecule has 26 heavy (non-hydrogen) atoms. The van der Waals surface area contributed by atoms with E-state index in [-0.39, 0.29) is 18.2 Å². The van der Waals surface area contributed by atoms with Crippen LogP contribution in [-0.2, 0) is 18.4 Å². The van der Waals surface area contributed by atoms with Gasteiger partial charge < -0.3 is 15.1 Å². The molecule has 0 unspecified atom stereocenters. The molecule has 0 atom stereocenters. The Bertz CT molecular complexity index is 758. The van der Waals surface area contributed by atoms with Crippen LogP contribution in [0.2, 0.25) is 0 Å². The van der Waals surface area contributed by atoms with E-state index in [4.69, 9.17) is 0 Å². The zero-order valence-corrected chi connectivity index (χ0v) is 15.9. The molecule has 0 bridgehead atoms. The van der Waals surface area contributed by atoms with Crippen LogP contribution in [0.1, 0.15) is 18.7 Å². The Morgan fingerprint density at radius 1 is 1.23 bits per heavy atom. The van der Waals surface area contributed by atoms with Gasteiger partial charge in [0.15, 0.2) is 5.82 Å². The molecule has 11 nitrogen and oxygen atoms in total. The third kappa shape index (κ3) is 4.56. The number of tetrazole rings is 1. The van der Waals surface area contributed by atoms with Gasteiger partial charge in [-0.3, -0.25) is 4.79 Å². The number of nitrogens with zero attached hydrogens (tertiary/aromatic N) is 9. The molecule has 1 saturated heterocycles. The molecule has 140 valence electrons. The number of thioether (sulfide) groups is 1. The number of hydrogen-bond donors (Lipinski definition) is 1. The van der Waals surface area contributed by atoms with Crippen molar-refractivity contribution in [2.45, 2.75) is 24.5 Å². The molecule has 3 rings (SSSR count). The molecule has 1 aliphatic heterocycles. The van der Waals surface area contributed by atoms with Crippen molar-refractivity contribution in [2.75, 3.05) is 42.7 Å². The van der Waals surface area contributed by atoms with Crippen molar-refractivity contribution in [3.05, 3.63) is 5.82 Å². The van der Waals surface area contributed by atoms with Gasteiger partial charge in [0, 0.05) is 34.2 Å². The maximum atomic E-state index is 12.1. The summed E-state index contributed by atoms with van der Waals surface area (Å²) in [7, 11) is 5.50. The molecule has 1 fully saturated rings. The number of hydrogen-bond acceptors (Lipinski definition) is 10. The van der Waals surface area contributed by atoms with E-state index in [1.165, 1.54) is 16.4 Å². The molecule has 2 aromatic heterocycles. The number of amides is 1. The van der Waals surface area contributed by atoms with Crippen LogP contribution >= 0.6 is 11.8 Å². The predicted octanol–water partition coefficient (Wildman–Crippen LogP) is -0.530. The number of carbonyl (C=O) groups is 1. The predicted molar refractivity (Wildman–Crippen MR) is 97.0 cm³/mol. The van der Waals surface area contributed by atoms with Gasteiger partial charge in [0.1, 0.15) is 0 Å². The molecule has 0 aromatic carbocycles. The monoisotopic (exact) mass is 378 g/mol. The molecular formula is C14H22N10OS. The second-order valence-corrected chi connectivity index (χ2v) is 7.03. The fourth-order valence-electron chi connectivity index (χ4n) is 2.44. The fourth-order valence-corrected chi connectivity index (χ4v) is 3.12. The summed E-state index contributed by atoms with van der Waals surface area (Å²) in [6.45, 7) is 2.15. The third-order valence-corrected chi connectivity index (χ3v) is 4.81. The number of anilines is 2. The molecule has 0 radical (unpaired) electrons. The molecule has 12 heteroatoms. The molecule has 0 saturated carbocycles. The second-order valence-electron chi connectivity index (χ2n) is 6.09. The molecule has 1 amide bonds. The standard InChI is InChI=1S/C14H22N10OS/c1-22(2)12-16-10(17-13(18-12)24-6-4-5-7-24)8-15-11(25)9-26-14-19-20-21-23(14)3/h4-9H2,1-3H3,(H,15,25). The Labute approximate surface area is 155 Å². The van der Waals surface area contributed by atoms with Crippen LogP contribution in [0.25, 0.3) is 0 Å². The van der Waals surface area contributed by atoms with E-state index in [1.807, 2.05) is 19.0 Å². The lowest BCUT2D eigenvalue weighted by atomic mass is 10.4. The number of rotatable bonds is 7. The van der Waals surface area contributed by atoms with Gasteiger partial charge in [-0.15, -0.1) is 5.10 Å². The number of aryl methyl sites for hydroxylation is 1. The van der Waals surface area contributed by atoms with Crippen LogP contribution in [0.5, 0.6) is 0 Å². The minimum atomic E-state index is -0.132. The minimum absolute atomic E-state index is 0.132. The lowest BCUT2D eigenvalue weighted by molar-refractivity contribution is -0.118. The Kier molecular flexibility index (Phi) is 5.81. The summed E-state index contributed by atoms with van der Waals surface area (Å²) in [5, 5.41) is 14.5. The minimum Gasteiger partial charge on any atom is -0.348 e. The first-order valence-corrected chi connectivity index (χ1v) is 9.30. The van der Waals surface area contributed by atoms with Gasteiger partial charge in [-0.1, -0.05) is 11.8 Å². The van der Waals surface area contributed by atoms with Gasteiger partial charge >= 0.3 is 0 Å². The summed E-state index contributed by atoms with van der Waals surface area (Å²) in [6.07, 6.45) is 2.28. The van der Waals surface area contributed by atoms with E-state index in [0.717, 1.165) is 25.9 Å². The topological polar surface area (TPSA) is 118 Å². The molecule has 1 aliphatic rings. The van der Waals surface area contributed by atoms with E-state index in [2.05, 4.69) is 40.7 Å². The van der Waals surface area contributed by atoms with E-state index < -0.39 is 0 Å². The highest BCUT2D eigenvalue weighted by molar-refractivity contribution is 7.99. The quantitative estimate of drug-likeness (QED) is 0.630. The van der Waals surface area contributed by atoms with Gasteiger partial charge in [0.2, 0.25) is 23.0 Å². The molecule has 0 aliphatic carbocycles. The molecule has 3 heterocycles. The zero-order valence-electron chi connectivity index (χ0n) is 15.1. The summed E-state index contributed by atoms with van der Waals surface area (Å²) in [5.74, 6) is 1.89. The van der Waals surface area contributed by atoms with Crippen LogP contribution in [-0.4, -0.2) is 74.0 Å². The number of nitrogens with one attached hydrogen (secondary N) is 1. The number of aromatic nitrogens is 7. The van der Waals surface area contributed by atoms with Crippen molar-refractivity contribution in [1.82, 2.24) is 40.5 Å². The van der Waals surface area contributed by atoms with E-state index >= 15 is 0 Å². The van der Waals surface area contributed by atoms with Crippen molar-refractivity contribution in [3.8, 4) is 0 Å². The van der Waals surface area contributed by atoms with Crippen molar-refractivity contribution in [3.63, 3.8) is 0 Å². The average Bonchev–Trinajstić information content (AvgIpc) is 3.29. The average molecular weight is 378 g/mol. The van der Waals surface area contributed by atoms with E-state index in [9.17, 15) is 4.79 Å². The van der Waals surface area contributed by atoms with Crippen molar-refractivity contribution < 1.29 is 4.79 Å². The third-order valence-electron chi connectivity index (χ3n) is 3.80. The summed E-state index contributed by atoms with van der Waals surface area (Å²) in [6, 6.07) is 0. The largest absolute Gasteiger partial charge is 0.348 e. The molecular weight excluding hydrogens is 356 g/mol. The molecule has 1 N–H and O–H groups in total. The van der Waals surface area contributed by atoms with Crippen molar-refractivity contribution in [1.29, 1.82) is 0 Å². The van der Waals surface area contributed by atoms with Crippen LogP contribution in [0, 0.1) is 0 Å². The highest BCUT2D eigenvalue weighted by atomic mass is 32.2. The van der Waals surface area contributed by atoms with Gasteiger partial charge in [-0.2, -0.15) is 15.0 Å². The SMILES string of the molecule is CN(C)c1nc(CNC(=O)CSc2nnnn2C)nc(N2CCCC2)n1. The van der Waals surface area contributed by atoms with Gasteiger partial charge in [0.05, 0.1) is 12.3 Å². The first-order chi connectivity index (χ1) is 12.5. The highest BCUT2D eigenvalue weighted by Crippen LogP contribution is 2.18. The van der Waals surface area contributed by atoms with Gasteiger partial charge in [-0.05, 0) is 23.3 Å². The maximum absolute atomic E-state index is 12.1. The van der Waals surface area contributed by atoms with Gasteiger partial charge in [0.25, 0.3) is 0 Å². The summed E-state index contributed by atoms with van der Waals surface area (Å²) >= 11 is 1.27. The summed E-state index contributed by atoms with van der Waals surface area (Å²) in [4.78, 5) is 29.5. The van der Waals surface area contributed by atoms with E-state index in [1.54, 1.807) is 7.05 Å². The smallest absolute Gasteiger partial charge is 0.230 e. The van der Waals surface area contributed by atoms with Crippen molar-refractivity contribution >= 4 is 29.6 Å².